The van der Waals surface area contributed by atoms with Gasteiger partial charge in [0.05, 0.1) is 0 Å². The van der Waals surface area contributed by atoms with E-state index < -0.39 is 10.8 Å². The first-order valence-corrected chi connectivity index (χ1v) is 4.06. The molecule has 0 radical (unpaired) electrons. The van der Waals surface area contributed by atoms with Gasteiger partial charge in [-0.05, 0) is 12.8 Å². The smallest absolute Gasteiger partial charge is 0.0320 e. The Morgan fingerprint density at radius 2 is 2.43 bits per heavy atom. The van der Waals surface area contributed by atoms with E-state index in [0.717, 1.165) is 5.75 Å². The summed E-state index contributed by atoms with van der Waals surface area (Å²) in [6, 6.07) is 0. The Labute approximate surface area is 46.6 Å². The fourth-order valence-corrected chi connectivity index (χ4v) is 2.13. The number of hydrogen-bond acceptors (Lipinski definition) is 1. The lowest BCUT2D eigenvalue weighted by atomic mass is 10.3. The zero-order chi connectivity index (χ0) is 5.28. The van der Waals surface area contributed by atoms with Gasteiger partial charge in [-0.2, -0.15) is 0 Å². The molecule has 0 aromatic carbocycles. The van der Waals surface area contributed by atoms with Gasteiger partial charge >= 0.3 is 0 Å². The molecule has 2 atom stereocenters. The van der Waals surface area contributed by atoms with Gasteiger partial charge in [0.1, 0.15) is 0 Å². The minimum absolute atomic E-state index is 0.468. The van der Waals surface area contributed by atoms with Gasteiger partial charge in [0.25, 0.3) is 0 Å². The van der Waals surface area contributed by atoms with E-state index in [2.05, 4.69) is 6.92 Å². The molecule has 0 bridgehead atoms. The van der Waals surface area contributed by atoms with Crippen molar-refractivity contribution in [2.45, 2.75) is 25.0 Å². The van der Waals surface area contributed by atoms with Crippen molar-refractivity contribution in [3.8, 4) is 0 Å². The van der Waals surface area contributed by atoms with Gasteiger partial charge < -0.3 is 0 Å². The predicted molar refractivity (Wildman–Crippen MR) is 31.7 cm³/mol. The van der Waals surface area contributed by atoms with Crippen LogP contribution in [0, 0.1) is 0 Å². The van der Waals surface area contributed by atoms with E-state index in [9.17, 15) is 4.21 Å². The summed E-state index contributed by atoms with van der Waals surface area (Å²) in [5.74, 6) is 0.946. The van der Waals surface area contributed by atoms with Gasteiger partial charge in [0.2, 0.25) is 0 Å². The van der Waals surface area contributed by atoms with E-state index >= 15 is 0 Å². The van der Waals surface area contributed by atoms with E-state index in [0.29, 0.717) is 5.25 Å². The zero-order valence-electron chi connectivity index (χ0n) is 4.52. The molecule has 42 valence electrons. The highest BCUT2D eigenvalue weighted by molar-refractivity contribution is 7.85. The monoisotopic (exact) mass is 118 g/mol. The van der Waals surface area contributed by atoms with Crippen molar-refractivity contribution in [2.24, 2.45) is 0 Å². The maximum Gasteiger partial charge on any atom is 0.0320 e. The number of rotatable bonds is 0. The molecule has 1 saturated heterocycles. The van der Waals surface area contributed by atoms with Crippen LogP contribution in [0.2, 0.25) is 0 Å². The Morgan fingerprint density at radius 3 is 2.57 bits per heavy atom. The van der Waals surface area contributed by atoms with E-state index in [-0.39, 0.29) is 0 Å². The molecule has 0 aliphatic carbocycles. The second-order valence-electron chi connectivity index (χ2n) is 2.04. The van der Waals surface area contributed by atoms with Gasteiger partial charge in [0, 0.05) is 21.8 Å². The quantitative estimate of drug-likeness (QED) is 0.462. The van der Waals surface area contributed by atoms with Crippen LogP contribution >= 0.6 is 0 Å². The lowest BCUT2D eigenvalue weighted by Gasteiger charge is -1.92. The summed E-state index contributed by atoms with van der Waals surface area (Å²) in [5, 5.41) is 0.486. The van der Waals surface area contributed by atoms with Crippen molar-refractivity contribution >= 4 is 10.8 Å². The van der Waals surface area contributed by atoms with Crippen LogP contribution in [0.15, 0.2) is 0 Å². The highest BCUT2D eigenvalue weighted by Gasteiger charge is 2.16. The molecule has 1 rings (SSSR count). The Balaban J connectivity index is 2.48. The van der Waals surface area contributed by atoms with Gasteiger partial charge in [-0.25, -0.2) is 0 Å². The van der Waals surface area contributed by atoms with Crippen LogP contribution in [-0.2, 0) is 10.8 Å². The number of hydrogen-bond donors (Lipinski definition) is 0. The van der Waals surface area contributed by atoms with E-state index in [1.165, 1.54) is 12.8 Å². The Bertz CT molecular complexity index is 90.1. The molecule has 0 saturated carbocycles. The summed E-state index contributed by atoms with van der Waals surface area (Å²) in [4.78, 5) is 0. The zero-order valence-corrected chi connectivity index (χ0v) is 5.33. The lowest BCUT2D eigenvalue weighted by Crippen LogP contribution is -2.00. The summed E-state index contributed by atoms with van der Waals surface area (Å²) >= 11 is 0. The van der Waals surface area contributed by atoms with Gasteiger partial charge in [-0.1, -0.05) is 6.92 Å². The summed E-state index contributed by atoms with van der Waals surface area (Å²) in [6.45, 7) is 2.06. The minimum atomic E-state index is -0.468. The van der Waals surface area contributed by atoms with Crippen LogP contribution in [0.4, 0.5) is 0 Å². The molecule has 2 heteroatoms. The van der Waals surface area contributed by atoms with Crippen LogP contribution < -0.4 is 0 Å². The Morgan fingerprint density at radius 1 is 1.71 bits per heavy atom. The third kappa shape index (κ3) is 1.03. The molecule has 1 heterocycles. The van der Waals surface area contributed by atoms with Crippen LogP contribution in [0.3, 0.4) is 0 Å². The average Bonchev–Trinajstić information content (AvgIpc) is 1.91. The third-order valence-corrected chi connectivity index (χ3v) is 3.23. The van der Waals surface area contributed by atoms with Crippen LogP contribution in [0.1, 0.15) is 19.8 Å². The highest BCUT2D eigenvalue weighted by atomic mass is 32.2. The SMILES string of the molecule is C[C@@H]1CCCS1=O. The fourth-order valence-electron chi connectivity index (χ4n) is 0.846. The second-order valence-corrected chi connectivity index (χ2v) is 4.01. The first kappa shape index (κ1) is 5.29. The average molecular weight is 118 g/mol. The second kappa shape index (κ2) is 1.95. The van der Waals surface area contributed by atoms with E-state index in [4.69, 9.17) is 0 Å². The van der Waals surface area contributed by atoms with Crippen molar-refractivity contribution in [2.75, 3.05) is 5.75 Å². The van der Waals surface area contributed by atoms with Gasteiger partial charge in [-0.3, -0.25) is 4.21 Å². The molecule has 0 spiro atoms. The topological polar surface area (TPSA) is 17.1 Å². The molecule has 0 amide bonds. The maximum atomic E-state index is 10.7. The van der Waals surface area contributed by atoms with Gasteiger partial charge in [0.15, 0.2) is 0 Å². The largest absolute Gasteiger partial charge is 0.259 e. The molecular formula is C5H10OS. The molecule has 7 heavy (non-hydrogen) atoms. The van der Waals surface area contributed by atoms with Crippen LogP contribution in [-0.4, -0.2) is 15.2 Å². The molecule has 1 unspecified atom stereocenters. The molecule has 0 N–H and O–H groups in total. The molecule has 1 nitrogen and oxygen atoms in total. The molecule has 1 aliphatic rings. The van der Waals surface area contributed by atoms with E-state index in [1.54, 1.807) is 0 Å². The Hall–Kier alpha value is 0.150. The molecule has 1 aliphatic heterocycles. The Kier molecular flexibility index (Phi) is 1.47. The predicted octanol–water partition coefficient (Wildman–Crippen LogP) is 0.917. The van der Waals surface area contributed by atoms with Gasteiger partial charge in [-0.15, -0.1) is 0 Å². The van der Waals surface area contributed by atoms with Crippen molar-refractivity contribution in [1.29, 1.82) is 0 Å². The molecular weight excluding hydrogens is 108 g/mol. The van der Waals surface area contributed by atoms with Crippen LogP contribution in [0.25, 0.3) is 0 Å². The highest BCUT2D eigenvalue weighted by Crippen LogP contribution is 2.13. The summed E-state index contributed by atoms with van der Waals surface area (Å²) in [5.41, 5.74) is 0. The van der Waals surface area contributed by atoms with Crippen molar-refractivity contribution in [3.05, 3.63) is 0 Å². The first-order chi connectivity index (χ1) is 3.30. The lowest BCUT2D eigenvalue weighted by molar-refractivity contribution is 0.680. The first-order valence-electron chi connectivity index (χ1n) is 2.68. The third-order valence-electron chi connectivity index (χ3n) is 1.40. The van der Waals surface area contributed by atoms with Crippen molar-refractivity contribution < 1.29 is 4.21 Å². The fraction of sp³-hybridized carbons (Fsp3) is 1.00. The van der Waals surface area contributed by atoms with Crippen molar-refractivity contribution in [1.82, 2.24) is 0 Å². The van der Waals surface area contributed by atoms with Crippen LogP contribution in [0.5, 0.6) is 0 Å². The molecule has 0 aromatic rings. The summed E-state index contributed by atoms with van der Waals surface area (Å²) in [7, 11) is -0.468. The minimum Gasteiger partial charge on any atom is -0.259 e. The molecule has 0 aromatic heterocycles. The van der Waals surface area contributed by atoms with E-state index in [1.807, 2.05) is 0 Å². The summed E-state index contributed by atoms with van der Waals surface area (Å²) in [6.07, 6.45) is 2.35. The maximum absolute atomic E-state index is 10.7. The van der Waals surface area contributed by atoms with Crippen molar-refractivity contribution in [3.63, 3.8) is 0 Å². The normalized spacial score (nSPS) is 41.9. The molecule has 1 fully saturated rings. The summed E-state index contributed by atoms with van der Waals surface area (Å²) < 4.78 is 10.7. The standard InChI is InChI=1S/C5H10OS/c1-5-3-2-4-7(5)6/h5H,2-4H2,1H3/t5-,7?/m1/s1.